The second-order valence-corrected chi connectivity index (χ2v) is 5.78. The lowest BCUT2D eigenvalue weighted by Gasteiger charge is -2.42. The molecule has 2 atom stereocenters. The maximum Gasteiger partial charge on any atom is 0.405 e. The van der Waals surface area contributed by atoms with Gasteiger partial charge in [-0.25, -0.2) is 0 Å². The Hall–Kier alpha value is -0.980. The van der Waals surface area contributed by atoms with Crippen LogP contribution in [-0.2, 0) is 0 Å². The fraction of sp³-hybridized carbons (Fsp3) is 0.571. The number of halogens is 4. The maximum absolute atomic E-state index is 13.1. The molecule has 0 saturated carbocycles. The zero-order valence-electron chi connectivity index (χ0n) is 11.8. The second-order valence-electron chi connectivity index (χ2n) is 5.35. The summed E-state index contributed by atoms with van der Waals surface area (Å²) in [4.78, 5) is 3.48. The molecular formula is C14H19ClF3N3. The number of hydrogen-bond acceptors (Lipinski definition) is 3. The number of rotatable bonds is 3. The Kier molecular flexibility index (Phi) is 5.01. The van der Waals surface area contributed by atoms with Gasteiger partial charge in [0.2, 0.25) is 0 Å². The molecule has 2 N–H and O–H groups in total. The van der Waals surface area contributed by atoms with Crippen LogP contribution in [0.1, 0.15) is 6.92 Å². The molecule has 0 aliphatic carbocycles. The highest BCUT2D eigenvalue weighted by Crippen LogP contribution is 2.28. The summed E-state index contributed by atoms with van der Waals surface area (Å²) >= 11 is 5.83. The fourth-order valence-electron chi connectivity index (χ4n) is 2.75. The molecule has 1 fully saturated rings. The quantitative estimate of drug-likeness (QED) is 0.929. The molecule has 2 rings (SSSR count). The lowest BCUT2D eigenvalue weighted by atomic mass is 10.1. The van der Waals surface area contributed by atoms with Crippen LogP contribution in [-0.4, -0.2) is 49.3 Å². The summed E-state index contributed by atoms with van der Waals surface area (Å²) in [6, 6.07) is 4.81. The van der Waals surface area contributed by atoms with Gasteiger partial charge in [-0.2, -0.15) is 13.2 Å². The van der Waals surface area contributed by atoms with E-state index in [1.54, 1.807) is 12.1 Å². The first kappa shape index (κ1) is 16.4. The molecular weight excluding hydrogens is 303 g/mol. The Morgan fingerprint density at radius 1 is 1.10 bits per heavy atom. The Balaban J connectivity index is 2.00. The number of nitrogens with zero attached hydrogens (tertiary/aromatic N) is 2. The van der Waals surface area contributed by atoms with E-state index in [4.69, 9.17) is 17.3 Å². The molecule has 2 unspecified atom stereocenters. The summed E-state index contributed by atoms with van der Waals surface area (Å²) < 4.78 is 39.2. The van der Waals surface area contributed by atoms with Crippen molar-refractivity contribution in [3.8, 4) is 0 Å². The van der Waals surface area contributed by atoms with Gasteiger partial charge in [0.05, 0.1) is 0 Å². The SMILES string of the molecule is CC(N)C(N1CCN(c2ccc(Cl)cc2)CC1)C(F)(F)F. The van der Waals surface area contributed by atoms with Crippen molar-refractivity contribution in [1.29, 1.82) is 0 Å². The van der Waals surface area contributed by atoms with E-state index in [0.29, 0.717) is 31.2 Å². The van der Waals surface area contributed by atoms with Crippen molar-refractivity contribution in [2.75, 3.05) is 31.1 Å². The van der Waals surface area contributed by atoms with Gasteiger partial charge in [0.1, 0.15) is 6.04 Å². The molecule has 1 heterocycles. The monoisotopic (exact) mass is 321 g/mol. The van der Waals surface area contributed by atoms with Gasteiger partial charge in [-0.15, -0.1) is 0 Å². The molecule has 7 heteroatoms. The van der Waals surface area contributed by atoms with Crippen LogP contribution in [0, 0.1) is 0 Å². The smallest absolute Gasteiger partial charge is 0.369 e. The lowest BCUT2D eigenvalue weighted by Crippen LogP contribution is -2.60. The largest absolute Gasteiger partial charge is 0.405 e. The zero-order valence-corrected chi connectivity index (χ0v) is 12.5. The van der Waals surface area contributed by atoms with Crippen LogP contribution in [0.15, 0.2) is 24.3 Å². The van der Waals surface area contributed by atoms with E-state index in [-0.39, 0.29) is 0 Å². The van der Waals surface area contributed by atoms with Crippen LogP contribution in [0.2, 0.25) is 5.02 Å². The third-order valence-corrected chi connectivity index (χ3v) is 3.98. The summed E-state index contributed by atoms with van der Waals surface area (Å²) in [5.41, 5.74) is 6.50. The van der Waals surface area contributed by atoms with Crippen LogP contribution in [0.5, 0.6) is 0 Å². The molecule has 118 valence electrons. The predicted molar refractivity (Wildman–Crippen MR) is 78.7 cm³/mol. The number of anilines is 1. The Morgan fingerprint density at radius 3 is 2.05 bits per heavy atom. The van der Waals surface area contributed by atoms with Crippen molar-refractivity contribution in [1.82, 2.24) is 4.90 Å². The van der Waals surface area contributed by atoms with Crippen molar-refractivity contribution >= 4 is 17.3 Å². The minimum absolute atomic E-state index is 0.342. The van der Waals surface area contributed by atoms with Crippen molar-refractivity contribution in [2.24, 2.45) is 5.73 Å². The topological polar surface area (TPSA) is 32.5 Å². The highest BCUT2D eigenvalue weighted by molar-refractivity contribution is 6.30. The maximum atomic E-state index is 13.1. The van der Waals surface area contributed by atoms with E-state index in [0.717, 1.165) is 5.69 Å². The van der Waals surface area contributed by atoms with Crippen molar-refractivity contribution in [3.05, 3.63) is 29.3 Å². The Bertz CT molecular complexity index is 454. The summed E-state index contributed by atoms with van der Waals surface area (Å²) in [7, 11) is 0. The van der Waals surface area contributed by atoms with E-state index >= 15 is 0 Å². The van der Waals surface area contributed by atoms with Gasteiger partial charge in [-0.3, -0.25) is 4.90 Å². The molecule has 1 aliphatic heterocycles. The van der Waals surface area contributed by atoms with Crippen LogP contribution < -0.4 is 10.6 Å². The van der Waals surface area contributed by atoms with Crippen LogP contribution in [0.3, 0.4) is 0 Å². The Labute approximate surface area is 127 Å². The van der Waals surface area contributed by atoms with Crippen molar-refractivity contribution in [3.63, 3.8) is 0 Å². The number of nitrogens with two attached hydrogens (primary N) is 1. The molecule has 0 spiro atoms. The number of piperazine rings is 1. The molecule has 0 amide bonds. The highest BCUT2D eigenvalue weighted by Gasteiger charge is 2.46. The van der Waals surface area contributed by atoms with Crippen LogP contribution in [0.4, 0.5) is 18.9 Å². The number of alkyl halides is 3. The molecule has 3 nitrogen and oxygen atoms in total. The van der Waals surface area contributed by atoms with E-state index in [1.807, 2.05) is 12.1 Å². The van der Waals surface area contributed by atoms with Gasteiger partial charge in [0, 0.05) is 42.9 Å². The summed E-state index contributed by atoms with van der Waals surface area (Å²) in [6.45, 7) is 3.17. The van der Waals surface area contributed by atoms with Gasteiger partial charge >= 0.3 is 6.18 Å². The average molecular weight is 322 g/mol. The molecule has 1 aromatic rings. The van der Waals surface area contributed by atoms with E-state index in [2.05, 4.69) is 4.90 Å². The van der Waals surface area contributed by atoms with Gasteiger partial charge in [0.15, 0.2) is 0 Å². The molecule has 0 bridgehead atoms. The van der Waals surface area contributed by atoms with Gasteiger partial charge in [-0.05, 0) is 31.2 Å². The fourth-order valence-corrected chi connectivity index (χ4v) is 2.87. The summed E-state index contributed by atoms with van der Waals surface area (Å²) in [6.07, 6.45) is -4.30. The minimum Gasteiger partial charge on any atom is -0.369 e. The lowest BCUT2D eigenvalue weighted by molar-refractivity contribution is -0.188. The van der Waals surface area contributed by atoms with Crippen molar-refractivity contribution < 1.29 is 13.2 Å². The number of benzene rings is 1. The molecule has 1 saturated heterocycles. The van der Waals surface area contributed by atoms with Gasteiger partial charge in [0.25, 0.3) is 0 Å². The molecule has 21 heavy (non-hydrogen) atoms. The zero-order chi connectivity index (χ0) is 15.6. The normalized spacial score (nSPS) is 20.4. The van der Waals surface area contributed by atoms with Crippen LogP contribution in [0.25, 0.3) is 0 Å². The molecule has 1 aliphatic rings. The summed E-state index contributed by atoms with van der Waals surface area (Å²) in [5.74, 6) is 0. The first-order chi connectivity index (χ1) is 9.79. The van der Waals surface area contributed by atoms with Crippen molar-refractivity contribution in [2.45, 2.75) is 25.2 Å². The first-order valence-corrected chi connectivity index (χ1v) is 7.23. The molecule has 0 radical (unpaired) electrons. The second kappa shape index (κ2) is 6.42. The van der Waals surface area contributed by atoms with Gasteiger partial charge < -0.3 is 10.6 Å². The molecule has 0 aromatic heterocycles. The van der Waals surface area contributed by atoms with E-state index < -0.39 is 18.3 Å². The minimum atomic E-state index is -4.30. The first-order valence-electron chi connectivity index (χ1n) is 6.86. The molecule has 1 aromatic carbocycles. The van der Waals surface area contributed by atoms with E-state index in [9.17, 15) is 13.2 Å². The third kappa shape index (κ3) is 4.02. The highest BCUT2D eigenvalue weighted by atomic mass is 35.5. The predicted octanol–water partition coefficient (Wildman–Crippen LogP) is 2.74. The average Bonchev–Trinajstić information content (AvgIpc) is 2.38. The van der Waals surface area contributed by atoms with Gasteiger partial charge in [-0.1, -0.05) is 11.6 Å². The Morgan fingerprint density at radius 2 is 1.62 bits per heavy atom. The van der Waals surface area contributed by atoms with E-state index in [1.165, 1.54) is 11.8 Å². The summed E-state index contributed by atoms with van der Waals surface area (Å²) in [5, 5.41) is 0.645. The number of hydrogen-bond donors (Lipinski definition) is 1. The third-order valence-electron chi connectivity index (χ3n) is 3.73. The van der Waals surface area contributed by atoms with Crippen LogP contribution >= 0.6 is 11.6 Å². The standard InChI is InChI=1S/C14H19ClF3N3/c1-10(19)13(14(16,17)18)21-8-6-20(7-9-21)12-4-2-11(15)3-5-12/h2-5,10,13H,6-9,19H2,1H3.